The van der Waals surface area contributed by atoms with Crippen LogP contribution in [-0.4, -0.2) is 38.4 Å². The molecule has 1 amide bonds. The zero-order valence-electron chi connectivity index (χ0n) is 17.5. The number of hydrogen-bond acceptors (Lipinski definition) is 6. The molecule has 4 aromatic rings. The number of nitrogens with zero attached hydrogens (tertiary/aromatic N) is 3. The van der Waals surface area contributed by atoms with Gasteiger partial charge in [-0.2, -0.15) is 0 Å². The van der Waals surface area contributed by atoms with Gasteiger partial charge in [-0.3, -0.25) is 9.78 Å². The van der Waals surface area contributed by atoms with Crippen LogP contribution in [0.15, 0.2) is 55.2 Å². The SMILES string of the molecule is Cc1c[nH]c2ncnc(Oc3ccc(C[C@H](N)C(=O)NCCc4ccncc4)cc3F)c12. The molecule has 1 atom stereocenters. The first-order chi connectivity index (χ1) is 15.5. The van der Waals surface area contributed by atoms with E-state index in [0.29, 0.717) is 29.6 Å². The minimum absolute atomic E-state index is 0.0322. The van der Waals surface area contributed by atoms with Gasteiger partial charge in [-0.25, -0.2) is 14.4 Å². The Hall–Kier alpha value is -3.85. The van der Waals surface area contributed by atoms with Crippen molar-refractivity contribution in [3.05, 3.63) is 77.8 Å². The molecule has 0 radical (unpaired) electrons. The number of hydrogen-bond donors (Lipinski definition) is 3. The first-order valence-corrected chi connectivity index (χ1v) is 10.2. The van der Waals surface area contributed by atoms with Crippen LogP contribution in [0.5, 0.6) is 11.6 Å². The number of nitrogens with one attached hydrogen (secondary N) is 2. The van der Waals surface area contributed by atoms with Gasteiger partial charge in [0.15, 0.2) is 11.6 Å². The summed E-state index contributed by atoms with van der Waals surface area (Å²) in [5.74, 6) is -0.547. The van der Waals surface area contributed by atoms with Crippen LogP contribution in [0.25, 0.3) is 11.0 Å². The number of ether oxygens (including phenoxy) is 1. The van der Waals surface area contributed by atoms with Gasteiger partial charge in [0.05, 0.1) is 11.4 Å². The molecule has 0 aliphatic rings. The molecule has 32 heavy (non-hydrogen) atoms. The lowest BCUT2D eigenvalue weighted by Gasteiger charge is -2.13. The van der Waals surface area contributed by atoms with Crippen LogP contribution in [0.4, 0.5) is 4.39 Å². The fourth-order valence-corrected chi connectivity index (χ4v) is 3.38. The van der Waals surface area contributed by atoms with Gasteiger partial charge in [-0.15, -0.1) is 0 Å². The number of benzene rings is 1. The number of carbonyl (C=O) groups is 1. The van der Waals surface area contributed by atoms with Crippen molar-refractivity contribution >= 4 is 16.9 Å². The van der Waals surface area contributed by atoms with E-state index in [1.807, 2.05) is 19.1 Å². The summed E-state index contributed by atoms with van der Waals surface area (Å²) in [6.45, 7) is 2.35. The van der Waals surface area contributed by atoms with Crippen molar-refractivity contribution in [2.24, 2.45) is 5.73 Å². The largest absolute Gasteiger partial charge is 0.435 e. The number of H-pyrrole nitrogens is 1. The molecule has 0 spiro atoms. The molecule has 0 aliphatic heterocycles. The molecule has 4 N–H and O–H groups in total. The predicted octanol–water partition coefficient (Wildman–Crippen LogP) is 2.82. The average molecular weight is 434 g/mol. The van der Waals surface area contributed by atoms with Crippen molar-refractivity contribution in [3.63, 3.8) is 0 Å². The van der Waals surface area contributed by atoms with Crippen LogP contribution in [0.1, 0.15) is 16.7 Å². The Morgan fingerprint density at radius 3 is 2.81 bits per heavy atom. The minimum atomic E-state index is -0.789. The number of rotatable bonds is 8. The van der Waals surface area contributed by atoms with Crippen molar-refractivity contribution in [1.29, 1.82) is 0 Å². The average Bonchev–Trinajstić information content (AvgIpc) is 3.18. The maximum absolute atomic E-state index is 14.7. The summed E-state index contributed by atoms with van der Waals surface area (Å²) in [6, 6.07) is 7.51. The van der Waals surface area contributed by atoms with Crippen molar-refractivity contribution in [2.75, 3.05) is 6.54 Å². The van der Waals surface area contributed by atoms with Gasteiger partial charge in [-0.05, 0) is 60.7 Å². The Kier molecular flexibility index (Phi) is 6.37. The monoisotopic (exact) mass is 434 g/mol. The van der Waals surface area contributed by atoms with E-state index in [4.69, 9.17) is 10.5 Å². The van der Waals surface area contributed by atoms with E-state index < -0.39 is 11.9 Å². The molecule has 3 heterocycles. The van der Waals surface area contributed by atoms with E-state index in [0.717, 1.165) is 11.1 Å². The molecule has 9 heteroatoms. The van der Waals surface area contributed by atoms with Crippen molar-refractivity contribution in [1.82, 2.24) is 25.3 Å². The van der Waals surface area contributed by atoms with Crippen molar-refractivity contribution in [2.45, 2.75) is 25.8 Å². The number of fused-ring (bicyclic) bond motifs is 1. The van der Waals surface area contributed by atoms with Gasteiger partial charge in [0.1, 0.15) is 12.0 Å². The number of aryl methyl sites for hydroxylation is 1. The number of carbonyl (C=O) groups excluding carboxylic acids is 1. The Labute approximate surface area is 184 Å². The number of pyridine rings is 1. The van der Waals surface area contributed by atoms with Crippen LogP contribution in [0.2, 0.25) is 0 Å². The molecule has 0 unspecified atom stereocenters. The Morgan fingerprint density at radius 2 is 2.03 bits per heavy atom. The molecule has 0 bridgehead atoms. The predicted molar refractivity (Wildman–Crippen MR) is 118 cm³/mol. The zero-order valence-corrected chi connectivity index (χ0v) is 17.5. The second kappa shape index (κ2) is 9.52. The van der Waals surface area contributed by atoms with Gasteiger partial charge >= 0.3 is 0 Å². The lowest BCUT2D eigenvalue weighted by atomic mass is 10.1. The summed E-state index contributed by atoms with van der Waals surface area (Å²) < 4.78 is 20.4. The second-order valence-electron chi connectivity index (χ2n) is 7.45. The van der Waals surface area contributed by atoms with Gasteiger partial charge in [0.2, 0.25) is 11.8 Å². The standard InChI is InChI=1S/C23H23FN6O2/c1-14-12-28-21-20(14)23(30-13-29-21)32-19-3-2-16(10-17(19)24)11-18(25)22(31)27-9-6-15-4-7-26-8-5-15/h2-5,7-8,10,12-13,18H,6,9,11,25H2,1H3,(H,27,31)(H,28,29,30)/t18-/m0/s1. The quantitative estimate of drug-likeness (QED) is 0.392. The molecule has 4 rings (SSSR count). The molecule has 8 nitrogen and oxygen atoms in total. The zero-order chi connectivity index (χ0) is 22.5. The number of aromatic nitrogens is 4. The van der Waals surface area contributed by atoms with E-state index in [1.54, 1.807) is 24.7 Å². The highest BCUT2D eigenvalue weighted by Gasteiger charge is 2.17. The highest BCUT2D eigenvalue weighted by molar-refractivity contribution is 5.84. The summed E-state index contributed by atoms with van der Waals surface area (Å²) >= 11 is 0. The maximum Gasteiger partial charge on any atom is 0.237 e. The third-order valence-electron chi connectivity index (χ3n) is 5.09. The fraction of sp³-hybridized carbons (Fsp3) is 0.217. The van der Waals surface area contributed by atoms with Crippen LogP contribution < -0.4 is 15.8 Å². The number of nitrogens with two attached hydrogens (primary N) is 1. The van der Waals surface area contributed by atoms with Crippen molar-refractivity contribution in [3.8, 4) is 11.6 Å². The topological polar surface area (TPSA) is 119 Å². The fourth-order valence-electron chi connectivity index (χ4n) is 3.38. The molecule has 164 valence electrons. The van der Waals surface area contributed by atoms with E-state index >= 15 is 0 Å². The molecule has 0 saturated carbocycles. The second-order valence-corrected chi connectivity index (χ2v) is 7.45. The molecular formula is C23H23FN6O2. The summed E-state index contributed by atoms with van der Waals surface area (Å²) in [7, 11) is 0. The highest BCUT2D eigenvalue weighted by Crippen LogP contribution is 2.30. The Morgan fingerprint density at radius 1 is 1.22 bits per heavy atom. The number of halogens is 1. The van der Waals surface area contributed by atoms with Crippen LogP contribution in [-0.2, 0) is 17.6 Å². The van der Waals surface area contributed by atoms with E-state index in [-0.39, 0.29) is 24.0 Å². The molecular weight excluding hydrogens is 411 g/mol. The number of aromatic amines is 1. The van der Waals surface area contributed by atoms with E-state index in [1.165, 1.54) is 18.5 Å². The molecule has 1 aromatic carbocycles. The first-order valence-electron chi connectivity index (χ1n) is 10.2. The maximum atomic E-state index is 14.7. The molecule has 3 aromatic heterocycles. The summed E-state index contributed by atoms with van der Waals surface area (Å²) in [4.78, 5) is 27.5. The smallest absolute Gasteiger partial charge is 0.237 e. The van der Waals surface area contributed by atoms with Gasteiger partial charge < -0.3 is 20.8 Å². The summed E-state index contributed by atoms with van der Waals surface area (Å²) in [5, 5.41) is 3.51. The van der Waals surface area contributed by atoms with Gasteiger partial charge in [-0.1, -0.05) is 6.07 Å². The normalized spacial score (nSPS) is 12.0. The molecule has 0 fully saturated rings. The lowest BCUT2D eigenvalue weighted by molar-refractivity contribution is -0.122. The van der Waals surface area contributed by atoms with Crippen LogP contribution in [0, 0.1) is 12.7 Å². The van der Waals surface area contributed by atoms with Crippen molar-refractivity contribution < 1.29 is 13.9 Å². The van der Waals surface area contributed by atoms with Gasteiger partial charge in [0, 0.05) is 25.1 Å². The van der Waals surface area contributed by atoms with Crippen LogP contribution in [0.3, 0.4) is 0 Å². The minimum Gasteiger partial charge on any atom is -0.435 e. The lowest BCUT2D eigenvalue weighted by Crippen LogP contribution is -2.42. The summed E-state index contributed by atoms with van der Waals surface area (Å²) in [5.41, 5.74) is 9.19. The molecule has 0 saturated heterocycles. The highest BCUT2D eigenvalue weighted by atomic mass is 19.1. The van der Waals surface area contributed by atoms with Gasteiger partial charge in [0.25, 0.3) is 0 Å². The van der Waals surface area contributed by atoms with E-state index in [2.05, 4.69) is 25.3 Å². The van der Waals surface area contributed by atoms with Crippen LogP contribution >= 0.6 is 0 Å². The molecule has 0 aliphatic carbocycles. The van der Waals surface area contributed by atoms with E-state index in [9.17, 15) is 9.18 Å². The summed E-state index contributed by atoms with van der Waals surface area (Å²) in [6.07, 6.45) is 7.43. The Balaban J connectivity index is 1.36. The first kappa shape index (κ1) is 21.4. The third-order valence-corrected chi connectivity index (χ3v) is 5.09. The Bertz CT molecular complexity index is 1230. The third kappa shape index (κ3) is 4.89. The number of amides is 1.